The topological polar surface area (TPSA) is 51.5 Å². The van der Waals surface area contributed by atoms with Crippen LogP contribution in [0.4, 0.5) is 4.39 Å². The molecule has 0 radical (unpaired) electrons. The van der Waals surface area contributed by atoms with E-state index in [9.17, 15) is 9.18 Å². The molecule has 0 aliphatic rings. The van der Waals surface area contributed by atoms with E-state index >= 15 is 0 Å². The lowest BCUT2D eigenvalue weighted by Gasteiger charge is -2.04. The Balaban J connectivity index is 1.51. The third-order valence-corrected chi connectivity index (χ3v) is 4.06. The molecule has 134 valence electrons. The number of nitrogens with one attached hydrogen (secondary N) is 1. The van der Waals surface area contributed by atoms with E-state index < -0.39 is 0 Å². The van der Waals surface area contributed by atoms with E-state index in [-0.39, 0.29) is 11.8 Å². The van der Waals surface area contributed by atoms with E-state index in [0.29, 0.717) is 12.1 Å². The molecular weight excluding hydrogens is 333 g/mol. The number of ether oxygens (including phenoxy) is 1. The fourth-order valence-electron chi connectivity index (χ4n) is 2.61. The van der Waals surface area contributed by atoms with Crippen LogP contribution < -0.4 is 5.32 Å². The Labute approximate surface area is 151 Å². The summed E-state index contributed by atoms with van der Waals surface area (Å²) in [7, 11) is 1.36. The van der Waals surface area contributed by atoms with Gasteiger partial charge in [-0.2, -0.15) is 0 Å². The number of carbonyl (C=O) groups excluding carboxylic acids is 1. The van der Waals surface area contributed by atoms with Gasteiger partial charge in [0.2, 0.25) is 0 Å². The first-order chi connectivity index (χ1) is 12.7. The third kappa shape index (κ3) is 4.58. The molecule has 0 saturated carbocycles. The second-order valence-corrected chi connectivity index (χ2v) is 5.89. The van der Waals surface area contributed by atoms with Crippen LogP contribution in [0.25, 0.3) is 11.3 Å². The summed E-state index contributed by atoms with van der Waals surface area (Å²) in [5.41, 5.74) is 2.49. The zero-order chi connectivity index (χ0) is 18.4. The van der Waals surface area contributed by atoms with Crippen LogP contribution in [-0.2, 0) is 17.7 Å². The Hall–Kier alpha value is -2.92. The molecule has 3 aromatic rings. The molecule has 0 atom stereocenters. The summed E-state index contributed by atoms with van der Waals surface area (Å²) in [5, 5.41) is 3.31. The molecule has 0 amide bonds. The summed E-state index contributed by atoms with van der Waals surface area (Å²) < 4.78 is 23.4. The highest BCUT2D eigenvalue weighted by Gasteiger charge is 2.08. The molecule has 0 unspecified atom stereocenters. The molecule has 0 fully saturated rings. The SMILES string of the molecule is COC(=O)c1ccc(-c2ccc(CNCCc3ccc(F)cc3)o2)cc1. The van der Waals surface area contributed by atoms with Crippen molar-refractivity contribution in [3.05, 3.63) is 83.4 Å². The lowest BCUT2D eigenvalue weighted by molar-refractivity contribution is 0.0600. The second kappa shape index (κ2) is 8.45. The van der Waals surface area contributed by atoms with Gasteiger partial charge in [-0.1, -0.05) is 24.3 Å². The number of halogens is 1. The molecule has 0 aliphatic carbocycles. The maximum atomic E-state index is 12.9. The fraction of sp³-hybridized carbons (Fsp3) is 0.190. The molecule has 1 heterocycles. The molecular formula is C21H20FNO3. The number of hydrogen-bond acceptors (Lipinski definition) is 4. The number of methoxy groups -OCH3 is 1. The van der Waals surface area contributed by atoms with Gasteiger partial charge in [-0.3, -0.25) is 0 Å². The molecule has 0 spiro atoms. The first kappa shape index (κ1) is 17.9. The Morgan fingerprint density at radius 2 is 1.77 bits per heavy atom. The largest absolute Gasteiger partial charge is 0.465 e. The summed E-state index contributed by atoms with van der Waals surface area (Å²) >= 11 is 0. The Morgan fingerprint density at radius 1 is 1.04 bits per heavy atom. The van der Waals surface area contributed by atoms with Crippen LogP contribution in [0.1, 0.15) is 21.7 Å². The maximum Gasteiger partial charge on any atom is 0.337 e. The van der Waals surface area contributed by atoms with Gasteiger partial charge in [-0.25, -0.2) is 9.18 Å². The minimum atomic E-state index is -0.359. The average Bonchev–Trinajstić information content (AvgIpc) is 3.15. The maximum absolute atomic E-state index is 12.9. The number of rotatable bonds is 7. The minimum Gasteiger partial charge on any atom is -0.465 e. The van der Waals surface area contributed by atoms with Gasteiger partial charge in [-0.05, 0) is 54.9 Å². The van der Waals surface area contributed by atoms with Crippen molar-refractivity contribution in [2.45, 2.75) is 13.0 Å². The van der Waals surface area contributed by atoms with Gasteiger partial charge < -0.3 is 14.5 Å². The highest BCUT2D eigenvalue weighted by molar-refractivity contribution is 5.89. The zero-order valence-electron chi connectivity index (χ0n) is 14.5. The molecule has 26 heavy (non-hydrogen) atoms. The molecule has 2 aromatic carbocycles. The first-order valence-electron chi connectivity index (χ1n) is 8.38. The summed E-state index contributed by atoms with van der Waals surface area (Å²) in [6.07, 6.45) is 0.822. The highest BCUT2D eigenvalue weighted by atomic mass is 19.1. The summed E-state index contributed by atoms with van der Waals surface area (Å²) in [4.78, 5) is 11.5. The molecule has 1 N–H and O–H groups in total. The van der Waals surface area contributed by atoms with Crippen LogP contribution in [0.2, 0.25) is 0 Å². The van der Waals surface area contributed by atoms with Gasteiger partial charge in [0.25, 0.3) is 0 Å². The predicted molar refractivity (Wildman–Crippen MR) is 97.3 cm³/mol. The summed E-state index contributed by atoms with van der Waals surface area (Å²) in [6.45, 7) is 1.39. The monoisotopic (exact) mass is 353 g/mol. The second-order valence-electron chi connectivity index (χ2n) is 5.89. The molecule has 5 heteroatoms. The van der Waals surface area contributed by atoms with Gasteiger partial charge in [0.05, 0.1) is 19.2 Å². The Morgan fingerprint density at radius 3 is 2.46 bits per heavy atom. The van der Waals surface area contributed by atoms with E-state index in [1.807, 2.05) is 24.3 Å². The van der Waals surface area contributed by atoms with Crippen LogP contribution >= 0.6 is 0 Å². The normalized spacial score (nSPS) is 10.7. The van der Waals surface area contributed by atoms with E-state index in [4.69, 9.17) is 4.42 Å². The van der Waals surface area contributed by atoms with Crippen LogP contribution in [0.5, 0.6) is 0 Å². The molecule has 0 saturated heterocycles. The number of carbonyl (C=O) groups is 1. The molecule has 0 bridgehead atoms. The van der Waals surface area contributed by atoms with Crippen molar-refractivity contribution in [2.75, 3.05) is 13.7 Å². The van der Waals surface area contributed by atoms with Gasteiger partial charge in [0, 0.05) is 5.56 Å². The lowest BCUT2D eigenvalue weighted by atomic mass is 10.1. The number of hydrogen-bond donors (Lipinski definition) is 1. The van der Waals surface area contributed by atoms with Gasteiger partial charge in [0.15, 0.2) is 0 Å². The van der Waals surface area contributed by atoms with Crippen molar-refractivity contribution in [1.82, 2.24) is 5.32 Å². The third-order valence-electron chi connectivity index (χ3n) is 4.06. The van der Waals surface area contributed by atoms with E-state index in [1.54, 1.807) is 24.3 Å². The number of benzene rings is 2. The van der Waals surface area contributed by atoms with Crippen LogP contribution in [0.3, 0.4) is 0 Å². The highest BCUT2D eigenvalue weighted by Crippen LogP contribution is 2.22. The smallest absolute Gasteiger partial charge is 0.337 e. The van der Waals surface area contributed by atoms with E-state index in [2.05, 4.69) is 10.1 Å². The van der Waals surface area contributed by atoms with Gasteiger partial charge in [-0.15, -0.1) is 0 Å². The van der Waals surface area contributed by atoms with Crippen molar-refractivity contribution in [3.8, 4) is 11.3 Å². The standard InChI is InChI=1S/C21H20FNO3/c1-25-21(24)17-6-4-16(5-7-17)20-11-10-19(26-20)14-23-13-12-15-2-8-18(22)9-3-15/h2-11,23H,12-14H2,1H3. The molecule has 4 nitrogen and oxygen atoms in total. The molecule has 1 aromatic heterocycles. The molecule has 3 rings (SSSR count). The van der Waals surface area contributed by atoms with Crippen LogP contribution in [-0.4, -0.2) is 19.6 Å². The lowest BCUT2D eigenvalue weighted by Crippen LogP contribution is -2.16. The molecule has 0 aliphatic heterocycles. The Bertz CT molecular complexity index is 854. The van der Waals surface area contributed by atoms with Gasteiger partial charge >= 0.3 is 5.97 Å². The number of esters is 1. The van der Waals surface area contributed by atoms with Crippen molar-refractivity contribution < 1.29 is 18.3 Å². The van der Waals surface area contributed by atoms with Crippen molar-refractivity contribution in [3.63, 3.8) is 0 Å². The predicted octanol–water partition coefficient (Wildman–Crippen LogP) is 4.20. The van der Waals surface area contributed by atoms with Crippen molar-refractivity contribution in [1.29, 1.82) is 0 Å². The Kier molecular flexibility index (Phi) is 5.81. The quantitative estimate of drug-likeness (QED) is 0.511. The van der Waals surface area contributed by atoms with E-state index in [0.717, 1.165) is 35.6 Å². The van der Waals surface area contributed by atoms with Gasteiger partial charge in [0.1, 0.15) is 17.3 Å². The fourth-order valence-corrected chi connectivity index (χ4v) is 2.61. The van der Waals surface area contributed by atoms with Crippen molar-refractivity contribution in [2.24, 2.45) is 0 Å². The first-order valence-corrected chi connectivity index (χ1v) is 8.38. The average molecular weight is 353 g/mol. The van der Waals surface area contributed by atoms with Crippen LogP contribution in [0, 0.1) is 5.82 Å². The number of furan rings is 1. The summed E-state index contributed by atoms with van der Waals surface area (Å²) in [6, 6.07) is 17.4. The summed E-state index contributed by atoms with van der Waals surface area (Å²) in [5.74, 6) is 0.999. The van der Waals surface area contributed by atoms with Crippen LogP contribution in [0.15, 0.2) is 65.1 Å². The van der Waals surface area contributed by atoms with E-state index in [1.165, 1.54) is 19.2 Å². The zero-order valence-corrected chi connectivity index (χ0v) is 14.5. The van der Waals surface area contributed by atoms with Crippen molar-refractivity contribution >= 4 is 5.97 Å². The minimum absolute atomic E-state index is 0.218.